The van der Waals surface area contributed by atoms with E-state index in [1.165, 1.54) is 11.5 Å². The molecule has 0 saturated carbocycles. The molecule has 1 heterocycles. The summed E-state index contributed by atoms with van der Waals surface area (Å²) in [6, 6.07) is 5.17. The lowest BCUT2D eigenvalue weighted by atomic mass is 10.0. The number of methoxy groups -OCH3 is 1. The van der Waals surface area contributed by atoms with Gasteiger partial charge in [-0.2, -0.15) is 0 Å². The van der Waals surface area contributed by atoms with Crippen LogP contribution in [-0.4, -0.2) is 21.8 Å². The van der Waals surface area contributed by atoms with Gasteiger partial charge in [-0.15, -0.1) is 5.10 Å². The second-order valence-electron chi connectivity index (χ2n) is 4.47. The van der Waals surface area contributed by atoms with Crippen LogP contribution in [0.25, 0.3) is 0 Å². The number of benzene rings is 1. The molecule has 0 aliphatic rings. The van der Waals surface area contributed by atoms with Gasteiger partial charge >= 0.3 is 0 Å². The Balaban J connectivity index is 2.46. The molecule has 0 saturated heterocycles. The minimum Gasteiger partial charge on any atom is -0.496 e. The third-order valence-corrected chi connectivity index (χ3v) is 3.85. The van der Waals surface area contributed by atoms with Crippen LogP contribution in [-0.2, 0) is 0 Å². The van der Waals surface area contributed by atoms with Gasteiger partial charge in [0.05, 0.1) is 17.7 Å². The lowest BCUT2D eigenvalue weighted by Crippen LogP contribution is -2.04. The molecule has 1 unspecified atom stereocenters. The van der Waals surface area contributed by atoms with Gasteiger partial charge < -0.3 is 9.84 Å². The van der Waals surface area contributed by atoms with Crippen molar-refractivity contribution in [3.05, 3.63) is 39.4 Å². The second kappa shape index (κ2) is 5.86. The van der Waals surface area contributed by atoms with E-state index in [2.05, 4.69) is 9.59 Å². The molecule has 1 aromatic carbocycles. The highest BCUT2D eigenvalue weighted by Crippen LogP contribution is 2.36. The van der Waals surface area contributed by atoms with E-state index in [1.807, 2.05) is 13.8 Å². The summed E-state index contributed by atoms with van der Waals surface area (Å²) in [4.78, 5) is 0.732. The van der Waals surface area contributed by atoms with Crippen LogP contribution in [0.2, 0.25) is 5.02 Å². The molecule has 4 nitrogen and oxygen atoms in total. The highest BCUT2D eigenvalue weighted by molar-refractivity contribution is 7.05. The fourth-order valence-corrected chi connectivity index (χ4v) is 2.85. The van der Waals surface area contributed by atoms with Crippen LogP contribution in [0, 0.1) is 0 Å². The molecule has 0 radical (unpaired) electrons. The number of halogens is 1. The molecule has 0 spiro atoms. The summed E-state index contributed by atoms with van der Waals surface area (Å²) in [6.07, 6.45) is -0.828. The molecule has 1 N–H and O–H groups in total. The third-order valence-electron chi connectivity index (χ3n) is 2.82. The van der Waals surface area contributed by atoms with E-state index in [0.717, 1.165) is 10.6 Å². The molecule has 0 aliphatic heterocycles. The van der Waals surface area contributed by atoms with E-state index in [1.54, 1.807) is 25.3 Å². The molecule has 0 amide bonds. The standard InChI is InChI=1S/C13H15ClN2O2S/c1-7(2)11-13(19-16-15-11)12(17)9-6-8(14)4-5-10(9)18-3/h4-7,12,17H,1-3H3. The molecule has 0 aliphatic carbocycles. The molecular weight excluding hydrogens is 284 g/mol. The molecular formula is C13H15ClN2O2S. The topological polar surface area (TPSA) is 55.2 Å². The minimum absolute atomic E-state index is 0.202. The lowest BCUT2D eigenvalue weighted by Gasteiger charge is -2.15. The van der Waals surface area contributed by atoms with Crippen molar-refractivity contribution in [3.63, 3.8) is 0 Å². The normalized spacial score (nSPS) is 12.7. The SMILES string of the molecule is COc1ccc(Cl)cc1C(O)c1snnc1C(C)C. The van der Waals surface area contributed by atoms with Crippen molar-refractivity contribution in [1.29, 1.82) is 0 Å². The smallest absolute Gasteiger partial charge is 0.125 e. The van der Waals surface area contributed by atoms with Crippen molar-refractivity contribution in [2.75, 3.05) is 7.11 Å². The van der Waals surface area contributed by atoms with E-state index < -0.39 is 6.10 Å². The van der Waals surface area contributed by atoms with E-state index in [0.29, 0.717) is 16.3 Å². The summed E-state index contributed by atoms with van der Waals surface area (Å²) in [5.74, 6) is 0.800. The van der Waals surface area contributed by atoms with Crippen LogP contribution in [0.15, 0.2) is 18.2 Å². The Bertz CT molecular complexity index is 572. The maximum atomic E-state index is 10.5. The van der Waals surface area contributed by atoms with Crippen molar-refractivity contribution in [2.45, 2.75) is 25.9 Å². The molecule has 0 bridgehead atoms. The van der Waals surface area contributed by atoms with Crippen molar-refractivity contribution in [1.82, 2.24) is 9.59 Å². The largest absolute Gasteiger partial charge is 0.496 e. The third kappa shape index (κ3) is 2.88. The summed E-state index contributed by atoms with van der Waals surface area (Å²) in [7, 11) is 1.56. The van der Waals surface area contributed by atoms with E-state index >= 15 is 0 Å². The van der Waals surface area contributed by atoms with E-state index in [-0.39, 0.29) is 5.92 Å². The first-order valence-corrected chi connectivity index (χ1v) is 7.03. The summed E-state index contributed by atoms with van der Waals surface area (Å²) < 4.78 is 9.19. The summed E-state index contributed by atoms with van der Waals surface area (Å²) in [5.41, 5.74) is 1.43. The maximum absolute atomic E-state index is 10.5. The fourth-order valence-electron chi connectivity index (χ4n) is 1.85. The van der Waals surface area contributed by atoms with Gasteiger partial charge in [0.1, 0.15) is 11.9 Å². The molecule has 2 aromatic rings. The highest BCUT2D eigenvalue weighted by Gasteiger charge is 2.23. The number of hydrogen-bond acceptors (Lipinski definition) is 5. The first-order valence-electron chi connectivity index (χ1n) is 5.88. The van der Waals surface area contributed by atoms with E-state index in [4.69, 9.17) is 16.3 Å². The van der Waals surface area contributed by atoms with Crippen LogP contribution in [0.4, 0.5) is 0 Å². The van der Waals surface area contributed by atoms with Gasteiger partial charge in [-0.1, -0.05) is 29.9 Å². The maximum Gasteiger partial charge on any atom is 0.125 e. The summed E-state index contributed by atoms with van der Waals surface area (Å²) in [6.45, 7) is 4.03. The number of nitrogens with zero attached hydrogens (tertiary/aromatic N) is 2. The minimum atomic E-state index is -0.828. The molecule has 1 aromatic heterocycles. The van der Waals surface area contributed by atoms with Crippen LogP contribution >= 0.6 is 23.1 Å². The number of ether oxygens (including phenoxy) is 1. The van der Waals surface area contributed by atoms with Crippen molar-refractivity contribution < 1.29 is 9.84 Å². The van der Waals surface area contributed by atoms with Crippen LogP contribution < -0.4 is 4.74 Å². The first-order chi connectivity index (χ1) is 9.04. The second-order valence-corrected chi connectivity index (χ2v) is 5.69. The van der Waals surface area contributed by atoms with Crippen molar-refractivity contribution in [3.8, 4) is 5.75 Å². The van der Waals surface area contributed by atoms with Crippen molar-refractivity contribution in [2.24, 2.45) is 0 Å². The number of aliphatic hydroxyl groups excluding tert-OH is 1. The number of hydrogen-bond donors (Lipinski definition) is 1. The lowest BCUT2D eigenvalue weighted by molar-refractivity contribution is 0.216. The zero-order valence-corrected chi connectivity index (χ0v) is 12.5. The van der Waals surface area contributed by atoms with Crippen LogP contribution in [0.3, 0.4) is 0 Å². The van der Waals surface area contributed by atoms with Gasteiger partial charge in [0.25, 0.3) is 0 Å². The average molecular weight is 299 g/mol. The summed E-state index contributed by atoms with van der Waals surface area (Å²) >= 11 is 7.18. The van der Waals surface area contributed by atoms with E-state index in [9.17, 15) is 5.11 Å². The molecule has 1 atom stereocenters. The molecule has 6 heteroatoms. The average Bonchev–Trinajstić information content (AvgIpc) is 2.87. The first kappa shape index (κ1) is 14.2. The van der Waals surface area contributed by atoms with Crippen LogP contribution in [0.5, 0.6) is 5.75 Å². The molecule has 102 valence electrons. The Labute approximate surface area is 121 Å². The predicted octanol–water partition coefficient (Wildman–Crippen LogP) is 3.41. The molecule has 0 fully saturated rings. The van der Waals surface area contributed by atoms with Gasteiger partial charge in [-0.25, -0.2) is 0 Å². The zero-order valence-electron chi connectivity index (χ0n) is 10.9. The monoisotopic (exact) mass is 298 g/mol. The zero-order chi connectivity index (χ0) is 14.0. The summed E-state index contributed by atoms with van der Waals surface area (Å²) in [5, 5.41) is 15.2. The molecule has 19 heavy (non-hydrogen) atoms. The quantitative estimate of drug-likeness (QED) is 0.940. The fraction of sp³-hybridized carbons (Fsp3) is 0.385. The Kier molecular flexibility index (Phi) is 4.39. The van der Waals surface area contributed by atoms with Crippen molar-refractivity contribution >= 4 is 23.1 Å². The Morgan fingerprint density at radius 1 is 1.37 bits per heavy atom. The van der Waals surface area contributed by atoms with Gasteiger partial charge in [0.2, 0.25) is 0 Å². The van der Waals surface area contributed by atoms with Gasteiger partial charge in [-0.05, 0) is 35.6 Å². The predicted molar refractivity (Wildman–Crippen MR) is 76.1 cm³/mol. The van der Waals surface area contributed by atoms with Gasteiger partial charge in [0.15, 0.2) is 0 Å². The number of rotatable bonds is 4. The Hall–Kier alpha value is -1.17. The van der Waals surface area contributed by atoms with Gasteiger partial charge in [0, 0.05) is 10.6 Å². The Morgan fingerprint density at radius 2 is 2.11 bits per heavy atom. The number of aliphatic hydroxyl groups is 1. The van der Waals surface area contributed by atoms with Crippen LogP contribution in [0.1, 0.15) is 42.0 Å². The Morgan fingerprint density at radius 3 is 2.74 bits per heavy atom. The number of aromatic nitrogens is 2. The van der Waals surface area contributed by atoms with Gasteiger partial charge in [-0.3, -0.25) is 0 Å². The molecule has 2 rings (SSSR count). The highest BCUT2D eigenvalue weighted by atomic mass is 35.5.